The normalized spacial score (nSPS) is 17.0. The summed E-state index contributed by atoms with van der Waals surface area (Å²) >= 11 is 0. The van der Waals surface area contributed by atoms with Gasteiger partial charge in [0.25, 0.3) is 10.0 Å². The average Bonchev–Trinajstić information content (AvgIpc) is 2.72. The molecule has 0 aromatic heterocycles. The summed E-state index contributed by atoms with van der Waals surface area (Å²) in [5.41, 5.74) is 1.82. The van der Waals surface area contributed by atoms with Gasteiger partial charge < -0.3 is 5.32 Å². The van der Waals surface area contributed by atoms with Gasteiger partial charge >= 0.3 is 0 Å². The first-order chi connectivity index (χ1) is 14.3. The number of hydrogen-bond donors (Lipinski definition) is 2. The minimum Gasteiger partial charge on any atom is -0.324 e. The summed E-state index contributed by atoms with van der Waals surface area (Å²) in [7, 11) is -3.94. The van der Waals surface area contributed by atoms with E-state index in [1.165, 1.54) is 18.2 Å². The molecule has 0 radical (unpaired) electrons. The van der Waals surface area contributed by atoms with Crippen molar-refractivity contribution in [3.8, 4) is 0 Å². The molecule has 1 aliphatic heterocycles. The van der Waals surface area contributed by atoms with Gasteiger partial charge in [-0.25, -0.2) is 26.9 Å². The first kappa shape index (κ1) is 20.0. The Kier molecular flexibility index (Phi) is 5.26. The van der Waals surface area contributed by atoms with Gasteiger partial charge in [0.1, 0.15) is 16.5 Å². The molecule has 0 aliphatic carbocycles. The zero-order valence-corrected chi connectivity index (χ0v) is 16.9. The maximum atomic E-state index is 14.9. The number of nitrogens with one attached hydrogen (secondary N) is 2. The lowest BCUT2D eigenvalue weighted by atomic mass is 9.91. The number of fused-ring (bicyclic) bond motifs is 1. The molecule has 3 aromatic carbocycles. The number of guanidine groups is 1. The molecule has 0 saturated heterocycles. The highest BCUT2D eigenvalue weighted by atomic mass is 32.2. The van der Waals surface area contributed by atoms with Crippen LogP contribution >= 0.6 is 0 Å². The lowest BCUT2D eigenvalue weighted by Gasteiger charge is -2.26. The van der Waals surface area contributed by atoms with E-state index in [1.54, 1.807) is 12.1 Å². The molecule has 1 heterocycles. The molecule has 4 rings (SSSR count). The van der Waals surface area contributed by atoms with Gasteiger partial charge in [0, 0.05) is 11.5 Å². The fourth-order valence-corrected chi connectivity index (χ4v) is 4.62. The van der Waals surface area contributed by atoms with Gasteiger partial charge in [-0.1, -0.05) is 49.4 Å². The van der Waals surface area contributed by atoms with E-state index in [-0.39, 0.29) is 28.7 Å². The molecule has 0 spiro atoms. The summed E-state index contributed by atoms with van der Waals surface area (Å²) in [6, 6.07) is 17.5. The number of nitrogens with zero attached hydrogens (tertiary/aromatic N) is 1. The molecule has 30 heavy (non-hydrogen) atoms. The van der Waals surface area contributed by atoms with Gasteiger partial charge in [0.2, 0.25) is 5.96 Å². The van der Waals surface area contributed by atoms with E-state index in [4.69, 9.17) is 0 Å². The molecule has 154 valence electrons. The molecule has 0 fully saturated rings. The van der Waals surface area contributed by atoms with Gasteiger partial charge in [-0.05, 0) is 35.4 Å². The Hall–Kier alpha value is -3.26. The maximum Gasteiger partial charge on any atom is 0.266 e. The third-order valence-corrected chi connectivity index (χ3v) is 6.34. The lowest BCUT2D eigenvalue weighted by Crippen LogP contribution is -2.41. The van der Waals surface area contributed by atoms with E-state index in [1.807, 2.05) is 37.3 Å². The summed E-state index contributed by atoms with van der Waals surface area (Å²) in [6.07, 6.45) is 0. The van der Waals surface area contributed by atoms with E-state index in [9.17, 15) is 17.2 Å². The number of rotatable bonds is 4. The van der Waals surface area contributed by atoms with E-state index < -0.39 is 27.6 Å². The minimum atomic E-state index is -3.94. The zero-order valence-electron chi connectivity index (χ0n) is 16.1. The molecular weight excluding hydrogens is 408 g/mol. The highest BCUT2D eigenvalue weighted by Crippen LogP contribution is 2.38. The number of halogens is 2. The Balaban J connectivity index is 1.75. The Morgan fingerprint density at radius 3 is 2.50 bits per heavy atom. The quantitative estimate of drug-likeness (QED) is 0.649. The van der Waals surface area contributed by atoms with E-state index in [0.717, 1.165) is 11.6 Å². The van der Waals surface area contributed by atoms with E-state index in [0.29, 0.717) is 5.56 Å². The molecule has 5 nitrogen and oxygen atoms in total. The summed E-state index contributed by atoms with van der Waals surface area (Å²) in [5.74, 6) is -1.36. The van der Waals surface area contributed by atoms with Crippen LogP contribution in [0.5, 0.6) is 0 Å². The van der Waals surface area contributed by atoms with Gasteiger partial charge in [-0.2, -0.15) is 0 Å². The van der Waals surface area contributed by atoms with Crippen molar-refractivity contribution in [2.45, 2.75) is 24.3 Å². The second kappa shape index (κ2) is 7.87. The van der Waals surface area contributed by atoms with Crippen LogP contribution in [-0.2, 0) is 16.6 Å². The third-order valence-electron chi connectivity index (χ3n) is 4.96. The highest BCUT2D eigenvalue weighted by Gasteiger charge is 2.31. The van der Waals surface area contributed by atoms with Crippen LogP contribution in [0.15, 0.2) is 76.6 Å². The Bertz CT molecular complexity index is 1230. The highest BCUT2D eigenvalue weighted by molar-refractivity contribution is 7.90. The molecule has 0 amide bonds. The lowest BCUT2D eigenvalue weighted by molar-refractivity contribution is 0.586. The van der Waals surface area contributed by atoms with Gasteiger partial charge in [-0.15, -0.1) is 0 Å². The average molecular weight is 427 g/mol. The van der Waals surface area contributed by atoms with Crippen LogP contribution in [0.3, 0.4) is 0 Å². The summed E-state index contributed by atoms with van der Waals surface area (Å²) < 4.78 is 56.1. The first-order valence-corrected chi connectivity index (χ1v) is 10.8. The number of aliphatic imine (C=N–C) groups is 1. The number of benzene rings is 3. The second-order valence-electron chi connectivity index (χ2n) is 6.99. The smallest absolute Gasteiger partial charge is 0.266 e. The Morgan fingerprint density at radius 1 is 1.00 bits per heavy atom. The third kappa shape index (κ3) is 3.91. The first-order valence-electron chi connectivity index (χ1n) is 9.31. The van der Waals surface area contributed by atoms with Crippen LogP contribution in [-0.4, -0.2) is 14.4 Å². The predicted molar refractivity (Wildman–Crippen MR) is 112 cm³/mol. The molecule has 0 unspecified atom stereocenters. The van der Waals surface area contributed by atoms with Crippen LogP contribution < -0.4 is 10.0 Å². The van der Waals surface area contributed by atoms with Crippen LogP contribution in [0.4, 0.5) is 14.5 Å². The van der Waals surface area contributed by atoms with E-state index in [2.05, 4.69) is 15.0 Å². The van der Waals surface area contributed by atoms with Crippen LogP contribution in [0.1, 0.15) is 29.5 Å². The van der Waals surface area contributed by atoms with Gasteiger partial charge in [0.15, 0.2) is 0 Å². The van der Waals surface area contributed by atoms with E-state index >= 15 is 0 Å². The molecule has 2 N–H and O–H groups in total. The molecule has 1 atom stereocenters. The Morgan fingerprint density at radius 2 is 1.77 bits per heavy atom. The topological polar surface area (TPSA) is 70.6 Å². The van der Waals surface area contributed by atoms with Crippen LogP contribution in [0.25, 0.3) is 0 Å². The second-order valence-corrected chi connectivity index (χ2v) is 8.64. The number of hydrogen-bond acceptors (Lipinski definition) is 3. The number of sulfonamides is 1. The SMILES string of the molecule is C[C@H](c1ccccc1)c1c(F)ccc2c1NC(=NCc1cccc(F)c1)NS2(=O)=O. The predicted octanol–water partition coefficient (Wildman–Crippen LogP) is 4.38. The monoisotopic (exact) mass is 427 g/mol. The summed E-state index contributed by atoms with van der Waals surface area (Å²) in [6.45, 7) is 1.87. The zero-order chi connectivity index (χ0) is 21.3. The molecule has 8 heteroatoms. The van der Waals surface area contributed by atoms with Gasteiger partial charge in [-0.3, -0.25) is 0 Å². The molecule has 3 aromatic rings. The maximum absolute atomic E-state index is 14.9. The summed E-state index contributed by atoms with van der Waals surface area (Å²) in [4.78, 5) is 4.17. The molecular formula is C22H19F2N3O2S. The van der Waals surface area contributed by atoms with Crippen LogP contribution in [0, 0.1) is 11.6 Å². The standard InChI is InChI=1S/C22H19F2N3O2S/c1-14(16-7-3-2-4-8-16)20-18(24)10-11-19-21(20)26-22(27-30(19,28)29)25-13-15-6-5-9-17(23)12-15/h2-12,14H,13H2,1H3,(H2,25,26,27)/t14-/m1/s1. The van der Waals surface area contributed by atoms with Crippen molar-refractivity contribution < 1.29 is 17.2 Å². The van der Waals surface area contributed by atoms with Crippen molar-refractivity contribution in [2.75, 3.05) is 5.32 Å². The van der Waals surface area contributed by atoms with Crippen molar-refractivity contribution in [2.24, 2.45) is 4.99 Å². The Labute approximate surface area is 173 Å². The van der Waals surface area contributed by atoms with Crippen LogP contribution in [0.2, 0.25) is 0 Å². The van der Waals surface area contributed by atoms with Crippen molar-refractivity contribution in [3.05, 3.63) is 95.1 Å². The van der Waals surface area contributed by atoms with Crippen molar-refractivity contribution in [1.29, 1.82) is 0 Å². The van der Waals surface area contributed by atoms with Crippen molar-refractivity contribution in [3.63, 3.8) is 0 Å². The van der Waals surface area contributed by atoms with Gasteiger partial charge in [0.05, 0.1) is 12.2 Å². The molecule has 0 saturated carbocycles. The summed E-state index contributed by atoms with van der Waals surface area (Å²) in [5, 5.41) is 2.92. The molecule has 0 bridgehead atoms. The fourth-order valence-electron chi connectivity index (χ4n) is 3.46. The fraction of sp³-hybridized carbons (Fsp3) is 0.136. The van der Waals surface area contributed by atoms with Crippen molar-refractivity contribution in [1.82, 2.24) is 4.72 Å². The number of anilines is 1. The minimum absolute atomic E-state index is 0.0427. The van der Waals surface area contributed by atoms with Crippen molar-refractivity contribution >= 4 is 21.7 Å². The largest absolute Gasteiger partial charge is 0.324 e. The molecule has 1 aliphatic rings.